The molecule has 0 aromatic heterocycles. The second kappa shape index (κ2) is 5.38. The number of hydrogen-bond donors (Lipinski definition) is 0. The third-order valence-corrected chi connectivity index (χ3v) is 3.34. The standard InChI is InChI=1S/C14H24/c1-11(2)5-8-13(4)14-9-6-12(3)7-10-14/h5,8,12,14H,6-7,9-10H2,1-4H3/b13-8+. The molecule has 0 radical (unpaired) electrons. The number of allylic oxidation sites excluding steroid dienone is 4. The molecule has 0 bridgehead atoms. The van der Waals surface area contributed by atoms with Crippen LogP contribution in [0.15, 0.2) is 23.3 Å². The van der Waals surface area contributed by atoms with E-state index in [1.807, 2.05) is 0 Å². The van der Waals surface area contributed by atoms with Gasteiger partial charge < -0.3 is 0 Å². The molecule has 0 aromatic carbocycles. The van der Waals surface area contributed by atoms with Crippen LogP contribution in [-0.4, -0.2) is 0 Å². The molecule has 0 amide bonds. The Bertz CT molecular complexity index is 220. The molecule has 1 fully saturated rings. The smallest absolute Gasteiger partial charge is 0.0203 e. The fourth-order valence-electron chi connectivity index (χ4n) is 2.15. The van der Waals surface area contributed by atoms with Gasteiger partial charge in [-0.1, -0.05) is 43.1 Å². The van der Waals surface area contributed by atoms with Gasteiger partial charge in [0.15, 0.2) is 0 Å². The van der Waals surface area contributed by atoms with E-state index in [-0.39, 0.29) is 0 Å². The summed E-state index contributed by atoms with van der Waals surface area (Å²) in [6.45, 7) is 8.99. The number of hydrogen-bond acceptors (Lipinski definition) is 0. The molecule has 0 heterocycles. The molecule has 1 rings (SSSR count). The van der Waals surface area contributed by atoms with Crippen LogP contribution in [0, 0.1) is 11.8 Å². The highest BCUT2D eigenvalue weighted by Gasteiger charge is 2.18. The summed E-state index contributed by atoms with van der Waals surface area (Å²) in [7, 11) is 0. The molecule has 14 heavy (non-hydrogen) atoms. The molecule has 0 nitrogen and oxygen atoms in total. The van der Waals surface area contributed by atoms with Gasteiger partial charge in [-0.2, -0.15) is 0 Å². The number of rotatable bonds is 2. The Kier molecular flexibility index (Phi) is 4.44. The second-order valence-electron chi connectivity index (χ2n) is 5.11. The maximum Gasteiger partial charge on any atom is -0.0203 e. The highest BCUT2D eigenvalue weighted by atomic mass is 14.2. The van der Waals surface area contributed by atoms with Gasteiger partial charge in [-0.05, 0) is 45.4 Å². The Morgan fingerprint density at radius 3 is 2.00 bits per heavy atom. The molecular weight excluding hydrogens is 168 g/mol. The highest BCUT2D eigenvalue weighted by Crippen LogP contribution is 2.32. The van der Waals surface area contributed by atoms with Crippen molar-refractivity contribution < 1.29 is 0 Å². The molecule has 0 heteroatoms. The van der Waals surface area contributed by atoms with Crippen LogP contribution in [0.4, 0.5) is 0 Å². The van der Waals surface area contributed by atoms with E-state index in [9.17, 15) is 0 Å². The fraction of sp³-hybridized carbons (Fsp3) is 0.714. The largest absolute Gasteiger partial charge is 0.0764 e. The van der Waals surface area contributed by atoms with Crippen molar-refractivity contribution in [1.29, 1.82) is 0 Å². The summed E-state index contributed by atoms with van der Waals surface area (Å²) in [5.74, 6) is 1.82. The lowest BCUT2D eigenvalue weighted by Crippen LogP contribution is -2.12. The maximum absolute atomic E-state index is 2.38. The van der Waals surface area contributed by atoms with Crippen LogP contribution in [0.2, 0.25) is 0 Å². The summed E-state index contributed by atoms with van der Waals surface area (Å²) in [5, 5.41) is 0. The average Bonchev–Trinajstić information content (AvgIpc) is 2.15. The molecule has 0 atom stereocenters. The van der Waals surface area contributed by atoms with Crippen LogP contribution in [0.5, 0.6) is 0 Å². The zero-order chi connectivity index (χ0) is 10.6. The Labute approximate surface area is 89.1 Å². The summed E-state index contributed by atoms with van der Waals surface area (Å²) in [6.07, 6.45) is 10.2. The Balaban J connectivity index is 2.49. The third kappa shape index (κ3) is 3.69. The normalized spacial score (nSPS) is 28.7. The van der Waals surface area contributed by atoms with Gasteiger partial charge in [-0.25, -0.2) is 0 Å². The van der Waals surface area contributed by atoms with E-state index in [2.05, 4.69) is 39.8 Å². The average molecular weight is 192 g/mol. The minimum atomic E-state index is 0.863. The molecule has 0 aromatic rings. The van der Waals surface area contributed by atoms with E-state index in [0.717, 1.165) is 11.8 Å². The minimum absolute atomic E-state index is 0.863. The van der Waals surface area contributed by atoms with Crippen molar-refractivity contribution in [2.45, 2.75) is 53.4 Å². The van der Waals surface area contributed by atoms with E-state index in [1.165, 1.54) is 31.3 Å². The monoisotopic (exact) mass is 192 g/mol. The zero-order valence-electron chi connectivity index (χ0n) is 10.1. The molecule has 1 saturated carbocycles. The van der Waals surface area contributed by atoms with Crippen LogP contribution in [-0.2, 0) is 0 Å². The Morgan fingerprint density at radius 1 is 0.929 bits per heavy atom. The molecular formula is C14H24. The molecule has 1 aliphatic carbocycles. The molecule has 1 aliphatic rings. The van der Waals surface area contributed by atoms with Crippen LogP contribution >= 0.6 is 0 Å². The summed E-state index contributed by atoms with van der Waals surface area (Å²) < 4.78 is 0. The quantitative estimate of drug-likeness (QED) is 0.555. The van der Waals surface area contributed by atoms with Gasteiger partial charge in [0.05, 0.1) is 0 Å². The van der Waals surface area contributed by atoms with Crippen molar-refractivity contribution >= 4 is 0 Å². The van der Waals surface area contributed by atoms with E-state index in [4.69, 9.17) is 0 Å². The maximum atomic E-state index is 2.38. The van der Waals surface area contributed by atoms with Crippen molar-refractivity contribution in [2.24, 2.45) is 11.8 Å². The first-order valence-electron chi connectivity index (χ1n) is 5.91. The summed E-state index contributed by atoms with van der Waals surface area (Å²) in [5.41, 5.74) is 2.98. The van der Waals surface area contributed by atoms with Crippen LogP contribution < -0.4 is 0 Å². The molecule has 0 N–H and O–H groups in total. The van der Waals surface area contributed by atoms with Gasteiger partial charge in [0.1, 0.15) is 0 Å². The zero-order valence-corrected chi connectivity index (χ0v) is 10.1. The third-order valence-electron chi connectivity index (χ3n) is 3.34. The van der Waals surface area contributed by atoms with Crippen LogP contribution in [0.1, 0.15) is 53.4 Å². The Morgan fingerprint density at radius 2 is 1.50 bits per heavy atom. The van der Waals surface area contributed by atoms with E-state index < -0.39 is 0 Å². The van der Waals surface area contributed by atoms with E-state index >= 15 is 0 Å². The highest BCUT2D eigenvalue weighted by molar-refractivity contribution is 5.16. The molecule has 0 spiro atoms. The summed E-state index contributed by atoms with van der Waals surface area (Å²) in [6, 6.07) is 0. The molecule has 0 saturated heterocycles. The van der Waals surface area contributed by atoms with Gasteiger partial charge in [0.25, 0.3) is 0 Å². The first-order chi connectivity index (χ1) is 6.59. The lowest BCUT2D eigenvalue weighted by molar-refractivity contribution is 0.320. The van der Waals surface area contributed by atoms with Gasteiger partial charge in [0, 0.05) is 0 Å². The molecule has 0 aliphatic heterocycles. The lowest BCUT2D eigenvalue weighted by Gasteiger charge is -2.26. The van der Waals surface area contributed by atoms with Crippen molar-refractivity contribution in [2.75, 3.05) is 0 Å². The SMILES string of the molecule is CC(C)=C/C=C(\C)C1CCC(C)CC1. The van der Waals surface area contributed by atoms with Crippen molar-refractivity contribution in [1.82, 2.24) is 0 Å². The van der Waals surface area contributed by atoms with Gasteiger partial charge in [-0.15, -0.1) is 0 Å². The van der Waals surface area contributed by atoms with Crippen molar-refractivity contribution in [3.63, 3.8) is 0 Å². The van der Waals surface area contributed by atoms with Crippen molar-refractivity contribution in [3.8, 4) is 0 Å². The van der Waals surface area contributed by atoms with E-state index in [1.54, 1.807) is 5.57 Å². The lowest BCUT2D eigenvalue weighted by atomic mass is 9.79. The predicted octanol–water partition coefficient (Wildman–Crippen LogP) is 4.73. The Hall–Kier alpha value is -0.520. The topological polar surface area (TPSA) is 0 Å². The van der Waals surface area contributed by atoms with Crippen LogP contribution in [0.3, 0.4) is 0 Å². The fourth-order valence-corrected chi connectivity index (χ4v) is 2.15. The minimum Gasteiger partial charge on any atom is -0.0764 e. The molecule has 80 valence electrons. The van der Waals surface area contributed by atoms with Crippen LogP contribution in [0.25, 0.3) is 0 Å². The summed E-state index contributed by atoms with van der Waals surface area (Å²) >= 11 is 0. The van der Waals surface area contributed by atoms with Gasteiger partial charge in [-0.3, -0.25) is 0 Å². The van der Waals surface area contributed by atoms with E-state index in [0.29, 0.717) is 0 Å². The summed E-state index contributed by atoms with van der Waals surface area (Å²) in [4.78, 5) is 0. The van der Waals surface area contributed by atoms with Gasteiger partial charge in [0.2, 0.25) is 0 Å². The predicted molar refractivity (Wildman–Crippen MR) is 64.3 cm³/mol. The first kappa shape index (κ1) is 11.6. The second-order valence-corrected chi connectivity index (χ2v) is 5.11. The van der Waals surface area contributed by atoms with Gasteiger partial charge >= 0.3 is 0 Å². The van der Waals surface area contributed by atoms with Crippen molar-refractivity contribution in [3.05, 3.63) is 23.3 Å². The first-order valence-corrected chi connectivity index (χ1v) is 5.91. The molecule has 0 unspecified atom stereocenters.